The molecule has 1 aromatic heterocycles. The van der Waals surface area contributed by atoms with Crippen LogP contribution in [0.25, 0.3) is 0 Å². The van der Waals surface area contributed by atoms with E-state index in [1.807, 2.05) is 0 Å². The van der Waals surface area contributed by atoms with Crippen molar-refractivity contribution >= 4 is 50.8 Å². The Balaban J connectivity index is 1.54. The standard InChI is InChI=1S/C24H24BrN3O4S/c1-2-3-11-32-21-10-9-17(14-20(21)25)23(30)28-24(33)27-18-7-4-6-16(13-18)22(29)26-15-19-8-5-12-31-19/h4-10,12-14H,2-3,11,15H2,1H3,(H,26,29)(H2,27,28,30,33). The predicted molar refractivity (Wildman–Crippen MR) is 135 cm³/mol. The molecule has 1 heterocycles. The molecule has 2 amide bonds. The molecule has 0 bridgehead atoms. The van der Waals surface area contributed by atoms with Gasteiger partial charge in [-0.15, -0.1) is 0 Å². The number of furan rings is 1. The molecule has 0 saturated carbocycles. The van der Waals surface area contributed by atoms with Crippen molar-refractivity contribution in [2.75, 3.05) is 11.9 Å². The Labute approximate surface area is 206 Å². The van der Waals surface area contributed by atoms with Gasteiger partial charge in [-0.2, -0.15) is 0 Å². The fourth-order valence-corrected chi connectivity index (χ4v) is 3.55. The van der Waals surface area contributed by atoms with Gasteiger partial charge in [-0.25, -0.2) is 0 Å². The fraction of sp³-hybridized carbons (Fsp3) is 0.208. The summed E-state index contributed by atoms with van der Waals surface area (Å²) in [4.78, 5) is 25.0. The second-order valence-electron chi connectivity index (χ2n) is 7.10. The summed E-state index contributed by atoms with van der Waals surface area (Å²) in [5.41, 5.74) is 1.45. The van der Waals surface area contributed by atoms with Crippen molar-refractivity contribution in [1.29, 1.82) is 0 Å². The summed E-state index contributed by atoms with van der Waals surface area (Å²) >= 11 is 8.70. The smallest absolute Gasteiger partial charge is 0.257 e. The molecule has 0 aliphatic rings. The van der Waals surface area contributed by atoms with Gasteiger partial charge >= 0.3 is 0 Å². The fourth-order valence-electron chi connectivity index (χ4n) is 2.84. The van der Waals surface area contributed by atoms with Crippen LogP contribution >= 0.6 is 28.1 Å². The predicted octanol–water partition coefficient (Wildman–Crippen LogP) is 5.28. The van der Waals surface area contributed by atoms with Crippen molar-refractivity contribution < 1.29 is 18.7 Å². The van der Waals surface area contributed by atoms with E-state index in [0.29, 0.717) is 39.4 Å². The van der Waals surface area contributed by atoms with Crippen LogP contribution < -0.4 is 20.7 Å². The van der Waals surface area contributed by atoms with Gasteiger partial charge in [-0.05, 0) is 83.1 Å². The van der Waals surface area contributed by atoms with Crippen LogP contribution in [0.1, 0.15) is 46.2 Å². The van der Waals surface area contributed by atoms with E-state index < -0.39 is 0 Å². The van der Waals surface area contributed by atoms with Crippen LogP contribution in [0.3, 0.4) is 0 Å². The molecule has 2 aromatic carbocycles. The van der Waals surface area contributed by atoms with Crippen molar-refractivity contribution in [2.24, 2.45) is 0 Å². The van der Waals surface area contributed by atoms with Gasteiger partial charge in [0.1, 0.15) is 11.5 Å². The molecule has 3 aromatic rings. The summed E-state index contributed by atoms with van der Waals surface area (Å²) in [5, 5.41) is 8.48. The van der Waals surface area contributed by atoms with Crippen LogP contribution in [0, 0.1) is 0 Å². The van der Waals surface area contributed by atoms with Gasteiger partial charge in [0.25, 0.3) is 11.8 Å². The lowest BCUT2D eigenvalue weighted by molar-refractivity contribution is 0.0946. The molecular weight excluding hydrogens is 506 g/mol. The number of unbranched alkanes of at least 4 members (excludes halogenated alkanes) is 1. The topological polar surface area (TPSA) is 92.6 Å². The number of thiocarbonyl (C=S) groups is 1. The van der Waals surface area contributed by atoms with E-state index in [1.165, 1.54) is 0 Å². The van der Waals surface area contributed by atoms with E-state index in [2.05, 4.69) is 38.8 Å². The Morgan fingerprint density at radius 1 is 1.06 bits per heavy atom. The number of anilines is 1. The largest absolute Gasteiger partial charge is 0.492 e. The summed E-state index contributed by atoms with van der Waals surface area (Å²) in [6, 6.07) is 15.5. The van der Waals surface area contributed by atoms with Crippen LogP contribution in [0.4, 0.5) is 5.69 Å². The molecule has 0 unspecified atom stereocenters. The first-order valence-corrected chi connectivity index (χ1v) is 11.6. The molecule has 7 nitrogen and oxygen atoms in total. The summed E-state index contributed by atoms with van der Waals surface area (Å²) in [5.74, 6) is 0.730. The van der Waals surface area contributed by atoms with Crippen LogP contribution in [-0.2, 0) is 6.54 Å². The third-order valence-corrected chi connectivity index (χ3v) is 5.39. The van der Waals surface area contributed by atoms with Gasteiger partial charge in [0.15, 0.2) is 5.11 Å². The highest BCUT2D eigenvalue weighted by Gasteiger charge is 2.12. The number of ether oxygens (including phenoxy) is 1. The average molecular weight is 530 g/mol. The molecule has 3 rings (SSSR count). The Morgan fingerprint density at radius 3 is 2.61 bits per heavy atom. The molecule has 172 valence electrons. The van der Waals surface area contributed by atoms with Crippen molar-refractivity contribution in [3.63, 3.8) is 0 Å². The van der Waals surface area contributed by atoms with Gasteiger partial charge in [0.2, 0.25) is 0 Å². The number of nitrogens with one attached hydrogen (secondary N) is 3. The molecule has 0 atom stereocenters. The number of halogens is 1. The Morgan fingerprint density at radius 2 is 1.88 bits per heavy atom. The van der Waals surface area contributed by atoms with E-state index in [9.17, 15) is 9.59 Å². The van der Waals surface area contributed by atoms with E-state index in [0.717, 1.165) is 12.8 Å². The summed E-state index contributed by atoms with van der Waals surface area (Å²) < 4.78 is 11.6. The second kappa shape index (κ2) is 12.2. The van der Waals surface area contributed by atoms with Crippen molar-refractivity contribution in [2.45, 2.75) is 26.3 Å². The van der Waals surface area contributed by atoms with Crippen molar-refractivity contribution in [3.05, 3.63) is 82.2 Å². The zero-order valence-electron chi connectivity index (χ0n) is 18.0. The van der Waals surface area contributed by atoms with E-state index in [1.54, 1.807) is 60.9 Å². The molecular formula is C24H24BrN3O4S. The van der Waals surface area contributed by atoms with Crippen LogP contribution in [-0.4, -0.2) is 23.5 Å². The Bertz CT molecular complexity index is 1120. The van der Waals surface area contributed by atoms with Crippen LogP contribution in [0.15, 0.2) is 69.8 Å². The second-order valence-corrected chi connectivity index (χ2v) is 8.36. The van der Waals surface area contributed by atoms with Gasteiger partial charge in [-0.3, -0.25) is 14.9 Å². The lowest BCUT2D eigenvalue weighted by atomic mass is 10.2. The summed E-state index contributed by atoms with van der Waals surface area (Å²) in [7, 11) is 0. The maximum atomic E-state index is 12.6. The monoisotopic (exact) mass is 529 g/mol. The first kappa shape index (κ1) is 24.5. The highest BCUT2D eigenvalue weighted by atomic mass is 79.9. The highest BCUT2D eigenvalue weighted by molar-refractivity contribution is 9.10. The Kier molecular flexibility index (Phi) is 9.03. The Hall–Kier alpha value is -3.17. The number of hydrogen-bond donors (Lipinski definition) is 3. The number of amides is 2. The molecule has 33 heavy (non-hydrogen) atoms. The van der Waals surface area contributed by atoms with Gasteiger partial charge in [0.05, 0.1) is 23.9 Å². The lowest BCUT2D eigenvalue weighted by Crippen LogP contribution is -2.34. The van der Waals surface area contributed by atoms with E-state index in [-0.39, 0.29) is 23.5 Å². The minimum atomic E-state index is -0.361. The maximum Gasteiger partial charge on any atom is 0.257 e. The van der Waals surface area contributed by atoms with E-state index in [4.69, 9.17) is 21.4 Å². The van der Waals surface area contributed by atoms with Gasteiger partial charge < -0.3 is 19.8 Å². The number of benzene rings is 2. The van der Waals surface area contributed by atoms with E-state index >= 15 is 0 Å². The minimum Gasteiger partial charge on any atom is -0.492 e. The number of hydrogen-bond acceptors (Lipinski definition) is 5. The minimum absolute atomic E-state index is 0.118. The first-order chi connectivity index (χ1) is 16.0. The number of carbonyl (C=O) groups excluding carboxylic acids is 2. The SMILES string of the molecule is CCCCOc1ccc(C(=O)NC(=S)Nc2cccc(C(=O)NCc3ccco3)c2)cc1Br. The molecule has 0 aliphatic carbocycles. The highest BCUT2D eigenvalue weighted by Crippen LogP contribution is 2.26. The van der Waals surface area contributed by atoms with Gasteiger partial charge in [-0.1, -0.05) is 19.4 Å². The molecule has 0 spiro atoms. The third kappa shape index (κ3) is 7.44. The quantitative estimate of drug-likeness (QED) is 0.258. The lowest BCUT2D eigenvalue weighted by Gasteiger charge is -2.12. The normalized spacial score (nSPS) is 10.4. The number of carbonyl (C=O) groups is 2. The van der Waals surface area contributed by atoms with Gasteiger partial charge in [0, 0.05) is 16.8 Å². The van der Waals surface area contributed by atoms with Crippen LogP contribution in [0.2, 0.25) is 0 Å². The van der Waals surface area contributed by atoms with Crippen LogP contribution in [0.5, 0.6) is 5.75 Å². The first-order valence-electron chi connectivity index (χ1n) is 10.4. The average Bonchev–Trinajstić information content (AvgIpc) is 3.32. The summed E-state index contributed by atoms with van der Waals surface area (Å²) in [6.07, 6.45) is 3.55. The number of rotatable bonds is 9. The molecule has 0 fully saturated rings. The van der Waals surface area contributed by atoms with Crippen molar-refractivity contribution in [3.8, 4) is 5.75 Å². The molecule has 3 N–H and O–H groups in total. The maximum absolute atomic E-state index is 12.6. The summed E-state index contributed by atoms with van der Waals surface area (Å²) in [6.45, 7) is 3.00. The van der Waals surface area contributed by atoms with Crippen molar-refractivity contribution in [1.82, 2.24) is 10.6 Å². The zero-order valence-corrected chi connectivity index (χ0v) is 20.4. The molecule has 0 aliphatic heterocycles. The molecule has 0 radical (unpaired) electrons. The molecule has 9 heteroatoms. The third-order valence-electron chi connectivity index (χ3n) is 4.56. The zero-order chi connectivity index (χ0) is 23.6. The molecule has 0 saturated heterocycles.